The summed E-state index contributed by atoms with van der Waals surface area (Å²) in [5.74, 6) is 0.527. The van der Waals surface area contributed by atoms with Gasteiger partial charge in [0.25, 0.3) is 0 Å². The van der Waals surface area contributed by atoms with Gasteiger partial charge >= 0.3 is 0 Å². The molecule has 5 rings (SSSR count). The van der Waals surface area contributed by atoms with Gasteiger partial charge in [-0.1, -0.05) is 30.3 Å². The Labute approximate surface area is 192 Å². The Morgan fingerprint density at radius 1 is 0.909 bits per heavy atom. The zero-order chi connectivity index (χ0) is 22.8. The van der Waals surface area contributed by atoms with Crippen LogP contribution in [0.4, 0.5) is 11.4 Å². The summed E-state index contributed by atoms with van der Waals surface area (Å²) in [6.07, 6.45) is 1.71. The third kappa shape index (κ3) is 4.03. The number of para-hydroxylation sites is 3. The van der Waals surface area contributed by atoms with E-state index in [9.17, 15) is 0 Å². The summed E-state index contributed by atoms with van der Waals surface area (Å²) in [5, 5.41) is 4.32. The summed E-state index contributed by atoms with van der Waals surface area (Å²) in [5.41, 5.74) is 6.52. The number of rotatable bonds is 5. The van der Waals surface area contributed by atoms with Gasteiger partial charge in [-0.05, 0) is 62.4 Å². The molecule has 0 bridgehead atoms. The van der Waals surface area contributed by atoms with Gasteiger partial charge in [0.15, 0.2) is 0 Å². The summed E-state index contributed by atoms with van der Waals surface area (Å²) >= 11 is 0. The van der Waals surface area contributed by atoms with Gasteiger partial charge < -0.3 is 14.6 Å². The van der Waals surface area contributed by atoms with E-state index in [0.29, 0.717) is 5.88 Å². The third-order valence-corrected chi connectivity index (χ3v) is 5.34. The molecule has 0 saturated heterocycles. The average Bonchev–Trinajstić information content (AvgIpc) is 2.83. The number of nitrogens with zero attached hydrogens (tertiary/aromatic N) is 4. The molecule has 0 spiro atoms. The number of methoxy groups -OCH3 is 1. The molecular formula is C27H25N5O. The fourth-order valence-corrected chi connectivity index (χ4v) is 3.98. The van der Waals surface area contributed by atoms with Crippen LogP contribution >= 0.6 is 0 Å². The lowest BCUT2D eigenvalue weighted by Crippen LogP contribution is -2.16. The highest BCUT2D eigenvalue weighted by molar-refractivity contribution is 5.84. The molecule has 2 aromatic carbocycles. The first-order valence-corrected chi connectivity index (χ1v) is 10.9. The predicted molar refractivity (Wildman–Crippen MR) is 132 cm³/mol. The van der Waals surface area contributed by atoms with Crippen molar-refractivity contribution in [2.45, 2.75) is 19.9 Å². The first-order valence-electron chi connectivity index (χ1n) is 10.9. The molecule has 6 heteroatoms. The summed E-state index contributed by atoms with van der Waals surface area (Å²) < 4.78 is 7.68. The van der Waals surface area contributed by atoms with Crippen LogP contribution in [0.3, 0.4) is 0 Å². The molecule has 6 nitrogen and oxygen atoms in total. The van der Waals surface area contributed by atoms with Crippen LogP contribution in [0.1, 0.15) is 13.8 Å². The number of fused-ring (bicyclic) bond motifs is 2. The van der Waals surface area contributed by atoms with Gasteiger partial charge in [0.2, 0.25) is 5.88 Å². The average molecular weight is 436 g/mol. The maximum absolute atomic E-state index is 5.44. The number of hydrogen-bond donors (Lipinski definition) is 1. The monoisotopic (exact) mass is 435 g/mol. The highest BCUT2D eigenvalue weighted by Gasteiger charge is 2.17. The van der Waals surface area contributed by atoms with Gasteiger partial charge in [0.1, 0.15) is 5.69 Å². The number of pyridine rings is 1. The second-order valence-corrected chi connectivity index (χ2v) is 8.04. The molecule has 3 aromatic rings. The molecule has 0 radical (unpaired) electrons. The SMILES string of the molecule is COc1ncccc1Nc1cc2nc3ccccc3n(-c3ccccc3)c-2c/c1=N\C(C)C. The molecule has 2 heterocycles. The minimum absolute atomic E-state index is 0.123. The van der Waals surface area contributed by atoms with Gasteiger partial charge in [-0.25, -0.2) is 9.97 Å². The Morgan fingerprint density at radius 2 is 1.70 bits per heavy atom. The van der Waals surface area contributed by atoms with Crippen molar-refractivity contribution in [3.05, 3.63) is 90.4 Å². The van der Waals surface area contributed by atoms with Crippen molar-refractivity contribution in [3.8, 4) is 23.0 Å². The van der Waals surface area contributed by atoms with Crippen LogP contribution in [0.5, 0.6) is 5.88 Å². The minimum Gasteiger partial charge on any atom is -0.480 e. The van der Waals surface area contributed by atoms with Crippen LogP contribution in [-0.2, 0) is 0 Å². The number of ether oxygens (including phenoxy) is 1. The molecular weight excluding hydrogens is 410 g/mol. The summed E-state index contributed by atoms with van der Waals surface area (Å²) in [6.45, 7) is 4.14. The molecule has 0 fully saturated rings. The quantitative estimate of drug-likeness (QED) is 0.366. The molecule has 0 saturated carbocycles. The van der Waals surface area contributed by atoms with Crippen LogP contribution in [0.15, 0.2) is 90.1 Å². The van der Waals surface area contributed by atoms with Gasteiger partial charge in [-0.15, -0.1) is 0 Å². The fourth-order valence-electron chi connectivity index (χ4n) is 3.98. The molecule has 0 amide bonds. The van der Waals surface area contributed by atoms with Crippen molar-refractivity contribution in [1.29, 1.82) is 0 Å². The van der Waals surface area contributed by atoms with Crippen molar-refractivity contribution in [3.63, 3.8) is 0 Å². The zero-order valence-electron chi connectivity index (χ0n) is 18.9. The lowest BCUT2D eigenvalue weighted by molar-refractivity contribution is 0.400. The Morgan fingerprint density at radius 3 is 2.48 bits per heavy atom. The van der Waals surface area contributed by atoms with Gasteiger partial charge in [-0.2, -0.15) is 0 Å². The molecule has 0 unspecified atom stereocenters. The number of aromatic nitrogens is 3. The van der Waals surface area contributed by atoms with E-state index in [1.165, 1.54) is 0 Å². The third-order valence-electron chi connectivity index (χ3n) is 5.34. The Kier molecular flexibility index (Phi) is 5.48. The second kappa shape index (κ2) is 8.74. The van der Waals surface area contributed by atoms with E-state index in [1.807, 2.05) is 48.5 Å². The number of hydrogen-bond acceptors (Lipinski definition) is 5. The van der Waals surface area contributed by atoms with Crippen LogP contribution < -0.4 is 15.4 Å². The first kappa shape index (κ1) is 20.7. The van der Waals surface area contributed by atoms with E-state index in [2.05, 4.69) is 59.0 Å². The largest absolute Gasteiger partial charge is 0.480 e. The number of nitrogens with one attached hydrogen (secondary N) is 1. The van der Waals surface area contributed by atoms with Crippen molar-refractivity contribution >= 4 is 22.4 Å². The second-order valence-electron chi connectivity index (χ2n) is 8.04. The Hall–Kier alpha value is -4.19. The molecule has 33 heavy (non-hydrogen) atoms. The summed E-state index contributed by atoms with van der Waals surface area (Å²) in [6, 6.07) is 26.6. The number of anilines is 2. The van der Waals surface area contributed by atoms with Crippen molar-refractivity contribution in [2.24, 2.45) is 4.99 Å². The summed E-state index contributed by atoms with van der Waals surface area (Å²) in [7, 11) is 1.61. The van der Waals surface area contributed by atoms with Crippen LogP contribution in [0.2, 0.25) is 0 Å². The smallest absolute Gasteiger partial charge is 0.237 e. The normalized spacial score (nSPS) is 11.9. The Balaban J connectivity index is 1.82. The van der Waals surface area contributed by atoms with E-state index in [1.54, 1.807) is 13.3 Å². The zero-order valence-corrected chi connectivity index (χ0v) is 18.9. The summed E-state index contributed by atoms with van der Waals surface area (Å²) in [4.78, 5) is 14.2. The van der Waals surface area contributed by atoms with Crippen LogP contribution in [0.25, 0.3) is 28.1 Å². The van der Waals surface area contributed by atoms with Gasteiger partial charge in [-0.3, -0.25) is 4.99 Å². The van der Waals surface area contributed by atoms with Crippen molar-refractivity contribution in [2.75, 3.05) is 12.4 Å². The van der Waals surface area contributed by atoms with Gasteiger partial charge in [0, 0.05) is 17.9 Å². The van der Waals surface area contributed by atoms with E-state index in [4.69, 9.17) is 14.7 Å². The highest BCUT2D eigenvalue weighted by Crippen LogP contribution is 2.31. The Bertz CT molecular complexity index is 1460. The van der Waals surface area contributed by atoms with E-state index in [-0.39, 0.29) is 6.04 Å². The first-order chi connectivity index (χ1) is 16.1. The van der Waals surface area contributed by atoms with E-state index < -0.39 is 0 Å². The van der Waals surface area contributed by atoms with Crippen LogP contribution in [0, 0.1) is 0 Å². The maximum atomic E-state index is 5.44. The molecule has 1 N–H and O–H groups in total. The topological polar surface area (TPSA) is 64.3 Å². The van der Waals surface area contributed by atoms with Crippen molar-refractivity contribution in [1.82, 2.24) is 14.5 Å². The van der Waals surface area contributed by atoms with E-state index in [0.717, 1.165) is 44.8 Å². The molecule has 1 aliphatic carbocycles. The molecule has 1 aliphatic heterocycles. The van der Waals surface area contributed by atoms with Crippen molar-refractivity contribution < 1.29 is 4.74 Å². The number of benzene rings is 3. The minimum atomic E-state index is 0.123. The fraction of sp³-hybridized carbons (Fsp3) is 0.148. The molecule has 0 atom stereocenters. The lowest BCUT2D eigenvalue weighted by atomic mass is 10.1. The maximum Gasteiger partial charge on any atom is 0.237 e. The van der Waals surface area contributed by atoms with Gasteiger partial charge in [0.05, 0.1) is 40.6 Å². The van der Waals surface area contributed by atoms with E-state index >= 15 is 0 Å². The highest BCUT2D eigenvalue weighted by atomic mass is 16.5. The standard InChI is InChI=1S/C27H25N5O/c1-18(2)29-23-17-26-24(16-22(23)31-21-13-9-15-28-27(21)33-3)30-20-12-7-8-14-25(20)32(26)19-10-5-4-6-11-19/h4-18,31H,1-3H3/b29-23+. The van der Waals surface area contributed by atoms with Crippen LogP contribution in [-0.4, -0.2) is 27.7 Å². The predicted octanol–water partition coefficient (Wildman–Crippen LogP) is 5.59. The molecule has 164 valence electrons. The lowest BCUT2D eigenvalue weighted by Gasteiger charge is -2.20. The molecule has 1 aromatic heterocycles. The molecule has 2 aliphatic rings.